The zero-order chi connectivity index (χ0) is 27.1. The maximum atomic E-state index is 13.8. The lowest BCUT2D eigenvalue weighted by Crippen LogP contribution is -2.38. The molecule has 1 saturated heterocycles. The van der Waals surface area contributed by atoms with Crippen LogP contribution < -0.4 is 10.7 Å². The number of ketones is 1. The second-order valence-electron chi connectivity index (χ2n) is 10.3. The number of carbonyl (C=O) groups is 2. The number of hydrogen-bond acceptors (Lipinski definition) is 7. The number of carbonyl (C=O) groups excluding carboxylic acids is 2. The van der Waals surface area contributed by atoms with E-state index in [1.807, 2.05) is 0 Å². The molecule has 200 valence electrons. The van der Waals surface area contributed by atoms with Crippen LogP contribution in [-0.4, -0.2) is 31.1 Å². The highest BCUT2D eigenvalue weighted by atomic mass is 19.1. The summed E-state index contributed by atoms with van der Waals surface area (Å²) in [6.07, 6.45) is 3.53. The van der Waals surface area contributed by atoms with Gasteiger partial charge in [-0.15, -0.1) is 0 Å². The Hall–Kier alpha value is -4.04. The molecule has 1 aromatic heterocycles. The SMILES string of the molecule is CC1=C(C(=O)OCC2CCCO2)C(c2coc3ccccc3c2=O)C2=C(CC(c3ccc(F)cc3)CC2=O)N1. The second-order valence-corrected chi connectivity index (χ2v) is 10.3. The molecule has 0 bridgehead atoms. The standard InChI is InChI=1S/C31H28FNO6/c1-17-27(31(36)39-15-21-5-4-12-37-21)28(23-16-38-26-7-3-2-6-22(26)30(23)35)29-24(33-17)13-19(14-25(29)34)18-8-10-20(32)11-9-18/h2-3,6-11,16,19,21,28,33H,4-5,12-15H2,1H3. The first-order valence-electron chi connectivity index (χ1n) is 13.2. The molecule has 7 nitrogen and oxygen atoms in total. The van der Waals surface area contributed by atoms with Gasteiger partial charge in [0.2, 0.25) is 0 Å². The Labute approximate surface area is 224 Å². The van der Waals surface area contributed by atoms with Gasteiger partial charge in [-0.3, -0.25) is 9.59 Å². The lowest BCUT2D eigenvalue weighted by molar-refractivity contribution is -0.142. The van der Waals surface area contributed by atoms with Crippen molar-refractivity contribution in [2.45, 2.75) is 50.5 Å². The Bertz CT molecular complexity index is 1580. The van der Waals surface area contributed by atoms with Crippen molar-refractivity contribution in [2.75, 3.05) is 13.2 Å². The van der Waals surface area contributed by atoms with Gasteiger partial charge in [0.25, 0.3) is 0 Å². The normalized spacial score (nSPS) is 23.1. The zero-order valence-electron chi connectivity index (χ0n) is 21.5. The van der Waals surface area contributed by atoms with E-state index in [0.717, 1.165) is 18.4 Å². The molecule has 0 amide bonds. The molecule has 3 atom stereocenters. The van der Waals surface area contributed by atoms with Crippen molar-refractivity contribution < 1.29 is 27.9 Å². The number of ether oxygens (including phenoxy) is 2. The van der Waals surface area contributed by atoms with E-state index in [2.05, 4.69) is 5.32 Å². The number of fused-ring (bicyclic) bond motifs is 1. The molecule has 3 aromatic rings. The fourth-order valence-corrected chi connectivity index (χ4v) is 5.91. The molecule has 8 heteroatoms. The molecule has 3 aliphatic rings. The number of esters is 1. The fourth-order valence-electron chi connectivity index (χ4n) is 5.91. The van der Waals surface area contributed by atoms with Crippen molar-refractivity contribution in [2.24, 2.45) is 0 Å². The predicted octanol–water partition coefficient (Wildman–Crippen LogP) is 5.02. The molecule has 0 saturated carbocycles. The quantitative estimate of drug-likeness (QED) is 0.464. The number of nitrogens with one attached hydrogen (secondary N) is 1. The third-order valence-electron chi connectivity index (χ3n) is 7.83. The average Bonchev–Trinajstić information content (AvgIpc) is 3.46. The van der Waals surface area contributed by atoms with Crippen LogP contribution >= 0.6 is 0 Å². The predicted molar refractivity (Wildman–Crippen MR) is 141 cm³/mol. The van der Waals surface area contributed by atoms with Crippen LogP contribution in [0.15, 0.2) is 86.5 Å². The van der Waals surface area contributed by atoms with Gasteiger partial charge in [-0.2, -0.15) is 0 Å². The van der Waals surface area contributed by atoms with Crippen LogP contribution in [0.25, 0.3) is 11.0 Å². The Morgan fingerprint density at radius 1 is 1.10 bits per heavy atom. The number of Topliss-reactive ketones (excluding diaryl/α,β-unsaturated/α-hetero) is 1. The molecule has 39 heavy (non-hydrogen) atoms. The summed E-state index contributed by atoms with van der Waals surface area (Å²) in [5.74, 6) is -2.25. The summed E-state index contributed by atoms with van der Waals surface area (Å²) in [5.41, 5.74) is 2.91. The van der Waals surface area contributed by atoms with Gasteiger partial charge in [-0.25, -0.2) is 9.18 Å². The van der Waals surface area contributed by atoms with E-state index >= 15 is 0 Å². The van der Waals surface area contributed by atoms with E-state index in [4.69, 9.17) is 13.9 Å². The van der Waals surface area contributed by atoms with E-state index in [1.165, 1.54) is 18.4 Å². The molecule has 1 fully saturated rings. The molecule has 1 N–H and O–H groups in total. The fraction of sp³-hybridized carbons (Fsp3) is 0.323. The first-order chi connectivity index (χ1) is 18.9. The van der Waals surface area contributed by atoms with Crippen LogP contribution in [0.4, 0.5) is 4.39 Å². The first kappa shape index (κ1) is 25.2. The number of dihydropyridines is 1. The molecular weight excluding hydrogens is 501 g/mol. The summed E-state index contributed by atoms with van der Waals surface area (Å²) in [6.45, 7) is 2.47. The lowest BCUT2D eigenvalue weighted by atomic mass is 9.72. The largest absolute Gasteiger partial charge is 0.464 e. The lowest BCUT2D eigenvalue weighted by Gasteiger charge is -2.36. The Kier molecular flexibility index (Phi) is 6.64. The van der Waals surface area contributed by atoms with Gasteiger partial charge in [-0.1, -0.05) is 24.3 Å². The summed E-state index contributed by atoms with van der Waals surface area (Å²) in [5, 5.41) is 3.64. The van der Waals surface area contributed by atoms with Gasteiger partial charge < -0.3 is 19.2 Å². The first-order valence-corrected chi connectivity index (χ1v) is 13.2. The highest BCUT2D eigenvalue weighted by molar-refractivity contribution is 6.04. The minimum atomic E-state index is -0.944. The third kappa shape index (κ3) is 4.69. The van der Waals surface area contributed by atoms with Crippen LogP contribution in [0.1, 0.15) is 55.6 Å². The van der Waals surface area contributed by atoms with Crippen molar-refractivity contribution in [1.29, 1.82) is 0 Å². The number of halogens is 1. The minimum Gasteiger partial charge on any atom is -0.464 e. The highest BCUT2D eigenvalue weighted by Crippen LogP contribution is 2.45. The molecule has 6 rings (SSSR count). The van der Waals surface area contributed by atoms with Crippen molar-refractivity contribution in [3.8, 4) is 0 Å². The summed E-state index contributed by atoms with van der Waals surface area (Å²) < 4.78 is 30.6. The molecule has 3 heterocycles. The maximum absolute atomic E-state index is 13.8. The van der Waals surface area contributed by atoms with Crippen LogP contribution in [0.3, 0.4) is 0 Å². The number of para-hydroxylation sites is 1. The molecule has 3 unspecified atom stereocenters. The topological polar surface area (TPSA) is 94.8 Å². The van der Waals surface area contributed by atoms with E-state index in [9.17, 15) is 18.8 Å². The smallest absolute Gasteiger partial charge is 0.336 e. The van der Waals surface area contributed by atoms with Crippen molar-refractivity contribution >= 4 is 22.7 Å². The van der Waals surface area contributed by atoms with Gasteiger partial charge in [0.15, 0.2) is 11.2 Å². The van der Waals surface area contributed by atoms with Crippen LogP contribution in [-0.2, 0) is 19.1 Å². The number of rotatable bonds is 5. The Morgan fingerprint density at radius 2 is 1.90 bits per heavy atom. The number of allylic oxidation sites excluding steroid dienone is 3. The second kappa shape index (κ2) is 10.3. The van der Waals surface area contributed by atoms with Gasteiger partial charge in [-0.05, 0) is 61.9 Å². The van der Waals surface area contributed by atoms with Gasteiger partial charge >= 0.3 is 5.97 Å². The Balaban J connectivity index is 1.43. The zero-order valence-corrected chi connectivity index (χ0v) is 21.5. The molecule has 2 aromatic carbocycles. The van der Waals surface area contributed by atoms with Crippen LogP contribution in [0.5, 0.6) is 0 Å². The summed E-state index contributed by atoms with van der Waals surface area (Å²) >= 11 is 0. The van der Waals surface area contributed by atoms with Gasteiger partial charge in [0.1, 0.15) is 18.0 Å². The molecular formula is C31H28FNO6. The number of benzene rings is 2. The molecule has 2 aliphatic heterocycles. The van der Waals surface area contributed by atoms with Crippen molar-refractivity contribution in [3.63, 3.8) is 0 Å². The van der Waals surface area contributed by atoms with Crippen LogP contribution in [0, 0.1) is 5.82 Å². The third-order valence-corrected chi connectivity index (χ3v) is 7.83. The van der Waals surface area contributed by atoms with E-state index < -0.39 is 11.9 Å². The maximum Gasteiger partial charge on any atom is 0.336 e. The minimum absolute atomic E-state index is 0.0984. The van der Waals surface area contributed by atoms with Gasteiger partial charge in [0, 0.05) is 35.6 Å². The summed E-state index contributed by atoms with van der Waals surface area (Å²) in [4.78, 5) is 41.0. The van der Waals surface area contributed by atoms with E-state index in [1.54, 1.807) is 43.3 Å². The monoisotopic (exact) mass is 529 g/mol. The molecule has 0 spiro atoms. The van der Waals surface area contributed by atoms with E-state index in [-0.39, 0.29) is 53.2 Å². The van der Waals surface area contributed by atoms with Gasteiger partial charge in [0.05, 0.1) is 29.2 Å². The Morgan fingerprint density at radius 3 is 2.67 bits per heavy atom. The summed E-state index contributed by atoms with van der Waals surface area (Å²) in [6, 6.07) is 13.0. The van der Waals surface area contributed by atoms with Crippen molar-refractivity contribution in [1.82, 2.24) is 5.32 Å². The van der Waals surface area contributed by atoms with Crippen LogP contribution in [0.2, 0.25) is 0 Å². The molecule has 0 radical (unpaired) electrons. The summed E-state index contributed by atoms with van der Waals surface area (Å²) in [7, 11) is 0. The van der Waals surface area contributed by atoms with E-state index in [0.29, 0.717) is 41.0 Å². The number of hydrogen-bond donors (Lipinski definition) is 1. The molecule has 1 aliphatic carbocycles. The average molecular weight is 530 g/mol. The highest BCUT2D eigenvalue weighted by Gasteiger charge is 2.43. The van der Waals surface area contributed by atoms with Crippen molar-refractivity contribution in [3.05, 3.63) is 105 Å².